The topological polar surface area (TPSA) is 46.3 Å². The molecule has 1 aromatic carbocycles. The minimum Gasteiger partial charge on any atom is -0.443 e. The summed E-state index contributed by atoms with van der Waals surface area (Å²) >= 11 is 3.22. The van der Waals surface area contributed by atoms with Crippen molar-refractivity contribution in [3.8, 4) is 11.3 Å². The van der Waals surface area contributed by atoms with E-state index in [-0.39, 0.29) is 12.4 Å². The van der Waals surface area contributed by atoms with Gasteiger partial charge in [-0.05, 0) is 34.1 Å². The second-order valence-electron chi connectivity index (χ2n) is 2.91. The smallest absolute Gasteiger partial charge is 0.181 e. The Morgan fingerprint density at radius 2 is 2.27 bits per heavy atom. The summed E-state index contributed by atoms with van der Waals surface area (Å²) in [5, 5.41) is 9.00. The van der Waals surface area contributed by atoms with Crippen molar-refractivity contribution >= 4 is 15.9 Å². The van der Waals surface area contributed by atoms with Crippen molar-refractivity contribution < 1.29 is 13.9 Å². The van der Waals surface area contributed by atoms with Crippen LogP contribution in [0.1, 0.15) is 5.69 Å². The average Bonchev–Trinajstić information content (AvgIpc) is 2.65. The van der Waals surface area contributed by atoms with Crippen LogP contribution in [0.3, 0.4) is 0 Å². The van der Waals surface area contributed by atoms with E-state index in [2.05, 4.69) is 20.9 Å². The van der Waals surface area contributed by atoms with Crippen LogP contribution in [0.15, 0.2) is 33.5 Å². The first-order valence-electron chi connectivity index (χ1n) is 4.21. The predicted octanol–water partition coefficient (Wildman–Crippen LogP) is 2.74. The molecule has 1 heterocycles. The fraction of sp³-hybridized carbons (Fsp3) is 0.100. The molecule has 2 aromatic rings. The van der Waals surface area contributed by atoms with Gasteiger partial charge >= 0.3 is 0 Å². The number of hydrogen-bond donors (Lipinski definition) is 1. The number of aromatic nitrogens is 1. The van der Waals surface area contributed by atoms with Gasteiger partial charge in [0.25, 0.3) is 0 Å². The van der Waals surface area contributed by atoms with Crippen LogP contribution >= 0.6 is 15.9 Å². The lowest BCUT2D eigenvalue weighted by atomic mass is 10.1. The fourth-order valence-electron chi connectivity index (χ4n) is 1.27. The largest absolute Gasteiger partial charge is 0.443 e. The van der Waals surface area contributed by atoms with Crippen molar-refractivity contribution in [3.05, 3.63) is 40.6 Å². The van der Waals surface area contributed by atoms with E-state index in [0.717, 1.165) is 0 Å². The number of benzene rings is 1. The molecule has 0 fully saturated rings. The van der Waals surface area contributed by atoms with Crippen LogP contribution in [0.4, 0.5) is 4.39 Å². The Bertz CT molecular complexity index is 484. The highest BCUT2D eigenvalue weighted by molar-refractivity contribution is 9.10. The van der Waals surface area contributed by atoms with E-state index >= 15 is 0 Å². The zero-order chi connectivity index (χ0) is 10.8. The van der Waals surface area contributed by atoms with Crippen LogP contribution in [0, 0.1) is 5.82 Å². The summed E-state index contributed by atoms with van der Waals surface area (Å²) in [5.41, 5.74) is 1.10. The Morgan fingerprint density at radius 1 is 1.47 bits per heavy atom. The number of aliphatic hydroxyl groups excluding tert-OH is 1. The van der Waals surface area contributed by atoms with Crippen LogP contribution in [-0.4, -0.2) is 10.1 Å². The highest BCUT2D eigenvalue weighted by Crippen LogP contribution is 2.30. The molecule has 0 spiro atoms. The van der Waals surface area contributed by atoms with Crippen molar-refractivity contribution in [1.82, 2.24) is 4.98 Å². The summed E-state index contributed by atoms with van der Waals surface area (Å²) in [5.74, 6) is 0.111. The quantitative estimate of drug-likeness (QED) is 0.914. The number of rotatable bonds is 2. The van der Waals surface area contributed by atoms with E-state index < -0.39 is 0 Å². The molecule has 0 amide bonds. The third kappa shape index (κ3) is 1.93. The van der Waals surface area contributed by atoms with Crippen molar-refractivity contribution in [1.29, 1.82) is 0 Å². The maximum atomic E-state index is 12.8. The van der Waals surface area contributed by atoms with Gasteiger partial charge < -0.3 is 9.52 Å². The first kappa shape index (κ1) is 10.3. The second kappa shape index (κ2) is 4.12. The summed E-state index contributed by atoms with van der Waals surface area (Å²) in [6.45, 7) is -0.213. The number of halogens is 2. The molecule has 15 heavy (non-hydrogen) atoms. The summed E-state index contributed by atoms with van der Waals surface area (Å²) in [4.78, 5) is 3.84. The standard InChI is InChI=1S/C10H7BrFNO2/c11-8-3-6(12)1-2-7(8)10-9(4-14)13-5-15-10/h1-3,5,14H,4H2. The SMILES string of the molecule is OCc1ncoc1-c1ccc(F)cc1Br. The number of nitrogens with zero attached hydrogens (tertiary/aromatic N) is 1. The molecule has 1 aromatic heterocycles. The molecule has 1 N–H and O–H groups in total. The van der Waals surface area contributed by atoms with Gasteiger partial charge in [0.1, 0.15) is 11.5 Å². The van der Waals surface area contributed by atoms with Crippen LogP contribution in [0.25, 0.3) is 11.3 Å². The zero-order valence-electron chi connectivity index (χ0n) is 7.58. The van der Waals surface area contributed by atoms with Gasteiger partial charge in [0.05, 0.1) is 6.61 Å². The molecule has 0 saturated heterocycles. The molecule has 0 atom stereocenters. The fourth-order valence-corrected chi connectivity index (χ4v) is 1.81. The van der Waals surface area contributed by atoms with Gasteiger partial charge in [-0.15, -0.1) is 0 Å². The molecule has 0 unspecified atom stereocenters. The Kier molecular flexibility index (Phi) is 2.83. The van der Waals surface area contributed by atoms with E-state index in [4.69, 9.17) is 9.52 Å². The van der Waals surface area contributed by atoms with E-state index in [1.54, 1.807) is 6.07 Å². The van der Waals surface area contributed by atoms with Gasteiger partial charge in [-0.25, -0.2) is 9.37 Å². The predicted molar refractivity (Wildman–Crippen MR) is 55.5 cm³/mol. The monoisotopic (exact) mass is 271 g/mol. The van der Waals surface area contributed by atoms with Crippen LogP contribution in [0.5, 0.6) is 0 Å². The van der Waals surface area contributed by atoms with Gasteiger partial charge in [-0.2, -0.15) is 0 Å². The minimum absolute atomic E-state index is 0.213. The van der Waals surface area contributed by atoms with E-state index in [1.165, 1.54) is 18.5 Å². The first-order chi connectivity index (χ1) is 7.22. The number of hydrogen-bond acceptors (Lipinski definition) is 3. The summed E-state index contributed by atoms with van der Waals surface area (Å²) < 4.78 is 18.5. The van der Waals surface area contributed by atoms with Crippen LogP contribution in [0.2, 0.25) is 0 Å². The Morgan fingerprint density at radius 3 is 2.93 bits per heavy atom. The third-order valence-corrected chi connectivity index (χ3v) is 2.62. The maximum Gasteiger partial charge on any atom is 0.181 e. The summed E-state index contributed by atoms with van der Waals surface area (Å²) in [6, 6.07) is 4.22. The molecule has 3 nitrogen and oxygen atoms in total. The molecule has 0 saturated carbocycles. The molecule has 5 heteroatoms. The molecule has 0 aliphatic carbocycles. The van der Waals surface area contributed by atoms with Gasteiger partial charge in [-0.3, -0.25) is 0 Å². The average molecular weight is 272 g/mol. The normalized spacial score (nSPS) is 10.6. The van der Waals surface area contributed by atoms with E-state index in [1.807, 2.05) is 0 Å². The lowest BCUT2D eigenvalue weighted by Crippen LogP contribution is -1.88. The molecule has 0 aliphatic rings. The highest BCUT2D eigenvalue weighted by Gasteiger charge is 2.13. The van der Waals surface area contributed by atoms with Gasteiger partial charge in [-0.1, -0.05) is 0 Å². The Balaban J connectivity index is 2.54. The van der Waals surface area contributed by atoms with Gasteiger partial charge in [0.15, 0.2) is 12.2 Å². The lowest BCUT2D eigenvalue weighted by Gasteiger charge is -2.02. The van der Waals surface area contributed by atoms with E-state index in [9.17, 15) is 4.39 Å². The van der Waals surface area contributed by atoms with Crippen molar-refractivity contribution in [3.63, 3.8) is 0 Å². The molecule has 2 rings (SSSR count). The number of aliphatic hydroxyl groups is 1. The highest BCUT2D eigenvalue weighted by atomic mass is 79.9. The second-order valence-corrected chi connectivity index (χ2v) is 3.76. The van der Waals surface area contributed by atoms with Crippen LogP contribution in [-0.2, 0) is 6.61 Å². The van der Waals surface area contributed by atoms with Gasteiger partial charge in [0.2, 0.25) is 0 Å². The Hall–Kier alpha value is -1.20. The first-order valence-corrected chi connectivity index (χ1v) is 5.00. The van der Waals surface area contributed by atoms with Crippen molar-refractivity contribution in [2.24, 2.45) is 0 Å². The summed E-state index contributed by atoms with van der Waals surface area (Å²) in [7, 11) is 0. The molecule has 0 bridgehead atoms. The third-order valence-electron chi connectivity index (χ3n) is 1.97. The van der Waals surface area contributed by atoms with Crippen molar-refractivity contribution in [2.75, 3.05) is 0 Å². The number of oxazole rings is 1. The maximum absolute atomic E-state index is 12.8. The molecular weight excluding hydrogens is 265 g/mol. The molecular formula is C10H7BrFNO2. The zero-order valence-corrected chi connectivity index (χ0v) is 9.16. The molecule has 0 aliphatic heterocycles. The van der Waals surface area contributed by atoms with E-state index in [0.29, 0.717) is 21.5 Å². The lowest BCUT2D eigenvalue weighted by molar-refractivity contribution is 0.277. The van der Waals surface area contributed by atoms with Gasteiger partial charge in [0, 0.05) is 10.0 Å². The summed E-state index contributed by atoms with van der Waals surface area (Å²) in [6.07, 6.45) is 1.25. The molecule has 0 radical (unpaired) electrons. The Labute approximate surface area is 93.7 Å². The van der Waals surface area contributed by atoms with Crippen LogP contribution < -0.4 is 0 Å². The molecule has 78 valence electrons. The van der Waals surface area contributed by atoms with Crippen molar-refractivity contribution in [2.45, 2.75) is 6.61 Å². The minimum atomic E-state index is -0.337.